The first-order valence-electron chi connectivity index (χ1n) is 6.55. The molecular formula is C15H20BrNO3. The van der Waals surface area contributed by atoms with Gasteiger partial charge in [0.1, 0.15) is 11.3 Å². The van der Waals surface area contributed by atoms with Crippen LogP contribution in [0.5, 0.6) is 0 Å². The number of rotatable bonds is 6. The monoisotopic (exact) mass is 341 g/mol. The Bertz CT molecular complexity index is 565. The molecule has 2 unspecified atom stereocenters. The molecule has 1 aromatic heterocycles. The SMILES string of the molecule is COC(OC)C(C)NC(C)c1cc2cc(Br)ccc2o1. The number of halogens is 1. The zero-order valence-corrected chi connectivity index (χ0v) is 13.7. The molecule has 110 valence electrons. The smallest absolute Gasteiger partial charge is 0.171 e. The molecule has 1 N–H and O–H groups in total. The second kappa shape index (κ2) is 6.72. The molecule has 5 heteroatoms. The van der Waals surface area contributed by atoms with Crippen molar-refractivity contribution in [2.45, 2.75) is 32.2 Å². The lowest BCUT2D eigenvalue weighted by Crippen LogP contribution is -2.40. The van der Waals surface area contributed by atoms with Crippen molar-refractivity contribution in [3.63, 3.8) is 0 Å². The molecule has 1 aromatic carbocycles. The van der Waals surface area contributed by atoms with Crippen molar-refractivity contribution in [3.8, 4) is 0 Å². The fraction of sp³-hybridized carbons (Fsp3) is 0.467. The summed E-state index contributed by atoms with van der Waals surface area (Å²) in [5, 5.41) is 4.51. The van der Waals surface area contributed by atoms with Gasteiger partial charge in [-0.1, -0.05) is 15.9 Å². The molecule has 2 rings (SSSR count). The summed E-state index contributed by atoms with van der Waals surface area (Å²) in [5.74, 6) is 0.899. The van der Waals surface area contributed by atoms with E-state index in [4.69, 9.17) is 13.9 Å². The lowest BCUT2D eigenvalue weighted by Gasteiger charge is -2.24. The quantitative estimate of drug-likeness (QED) is 0.810. The third kappa shape index (κ3) is 3.41. The maximum atomic E-state index is 5.87. The second-order valence-electron chi connectivity index (χ2n) is 4.85. The summed E-state index contributed by atoms with van der Waals surface area (Å²) in [4.78, 5) is 0. The molecule has 0 amide bonds. The van der Waals surface area contributed by atoms with Crippen molar-refractivity contribution >= 4 is 26.9 Å². The van der Waals surface area contributed by atoms with Gasteiger partial charge >= 0.3 is 0 Å². The minimum atomic E-state index is -0.282. The topological polar surface area (TPSA) is 43.6 Å². The zero-order valence-electron chi connectivity index (χ0n) is 12.1. The summed E-state index contributed by atoms with van der Waals surface area (Å²) in [7, 11) is 3.27. The third-order valence-corrected chi connectivity index (χ3v) is 3.80. The minimum absolute atomic E-state index is 0.0555. The van der Waals surface area contributed by atoms with Crippen LogP contribution in [-0.4, -0.2) is 26.6 Å². The number of fused-ring (bicyclic) bond motifs is 1. The van der Waals surface area contributed by atoms with Gasteiger partial charge in [-0.25, -0.2) is 0 Å². The van der Waals surface area contributed by atoms with Gasteiger partial charge in [0.15, 0.2) is 6.29 Å². The lowest BCUT2D eigenvalue weighted by molar-refractivity contribution is -0.121. The maximum absolute atomic E-state index is 5.87. The fourth-order valence-electron chi connectivity index (χ4n) is 2.31. The molecule has 0 radical (unpaired) electrons. The molecule has 2 aromatic rings. The highest BCUT2D eigenvalue weighted by atomic mass is 79.9. The summed E-state index contributed by atoms with van der Waals surface area (Å²) in [5.41, 5.74) is 0.888. The standard InChI is InChI=1S/C15H20BrNO3/c1-9(17-10(2)15(18-3)19-4)14-8-11-7-12(16)5-6-13(11)20-14/h5-10,15,17H,1-4H3. The molecule has 0 fully saturated rings. The molecule has 0 aliphatic carbocycles. The highest BCUT2D eigenvalue weighted by molar-refractivity contribution is 9.10. The van der Waals surface area contributed by atoms with Crippen molar-refractivity contribution in [1.29, 1.82) is 0 Å². The first kappa shape index (κ1) is 15.5. The highest BCUT2D eigenvalue weighted by Crippen LogP contribution is 2.26. The van der Waals surface area contributed by atoms with Crippen LogP contribution in [-0.2, 0) is 9.47 Å². The molecule has 4 nitrogen and oxygen atoms in total. The molecule has 1 heterocycles. The molecule has 0 aliphatic heterocycles. The van der Waals surface area contributed by atoms with Crippen LogP contribution >= 0.6 is 15.9 Å². The predicted molar refractivity (Wildman–Crippen MR) is 82.7 cm³/mol. The Kier molecular flexibility index (Phi) is 5.21. The van der Waals surface area contributed by atoms with Crippen LogP contribution in [0.2, 0.25) is 0 Å². The Morgan fingerprint density at radius 1 is 1.15 bits per heavy atom. The van der Waals surface area contributed by atoms with Crippen molar-refractivity contribution in [3.05, 3.63) is 34.5 Å². The van der Waals surface area contributed by atoms with Crippen molar-refractivity contribution in [2.75, 3.05) is 14.2 Å². The predicted octanol–water partition coefficient (Wildman–Crippen LogP) is 3.85. The molecular weight excluding hydrogens is 322 g/mol. The first-order chi connectivity index (χ1) is 9.55. The Morgan fingerprint density at radius 2 is 1.85 bits per heavy atom. The highest BCUT2D eigenvalue weighted by Gasteiger charge is 2.20. The minimum Gasteiger partial charge on any atom is -0.459 e. The summed E-state index contributed by atoms with van der Waals surface area (Å²) in [6.45, 7) is 4.08. The van der Waals surface area contributed by atoms with Crippen LogP contribution in [0.15, 0.2) is 33.2 Å². The van der Waals surface area contributed by atoms with E-state index in [1.54, 1.807) is 14.2 Å². The van der Waals surface area contributed by atoms with E-state index in [-0.39, 0.29) is 18.4 Å². The number of methoxy groups -OCH3 is 2. The third-order valence-electron chi connectivity index (χ3n) is 3.31. The van der Waals surface area contributed by atoms with Gasteiger partial charge in [0.05, 0.1) is 12.1 Å². The molecule has 0 bridgehead atoms. The van der Waals surface area contributed by atoms with Gasteiger partial charge in [-0.3, -0.25) is 0 Å². The van der Waals surface area contributed by atoms with E-state index >= 15 is 0 Å². The van der Waals surface area contributed by atoms with Gasteiger partial charge in [-0.2, -0.15) is 0 Å². The summed E-state index contributed by atoms with van der Waals surface area (Å²) < 4.78 is 17.4. The van der Waals surface area contributed by atoms with Gasteiger partial charge in [-0.15, -0.1) is 0 Å². The second-order valence-corrected chi connectivity index (χ2v) is 5.76. The van der Waals surface area contributed by atoms with E-state index in [2.05, 4.69) is 34.2 Å². The van der Waals surface area contributed by atoms with E-state index in [1.165, 1.54) is 0 Å². The lowest BCUT2D eigenvalue weighted by atomic mass is 10.2. The number of benzene rings is 1. The van der Waals surface area contributed by atoms with E-state index < -0.39 is 0 Å². The summed E-state index contributed by atoms with van der Waals surface area (Å²) in [6.07, 6.45) is -0.282. The Hall–Kier alpha value is -0.880. The van der Waals surface area contributed by atoms with Gasteiger partial charge < -0.3 is 19.2 Å². The normalized spacial score (nSPS) is 14.9. The molecule has 20 heavy (non-hydrogen) atoms. The van der Waals surface area contributed by atoms with Crippen LogP contribution in [0.4, 0.5) is 0 Å². The van der Waals surface area contributed by atoms with Crippen LogP contribution in [0.1, 0.15) is 25.6 Å². The zero-order chi connectivity index (χ0) is 14.7. The number of furan rings is 1. The van der Waals surface area contributed by atoms with Crippen molar-refractivity contribution in [1.82, 2.24) is 5.32 Å². The largest absolute Gasteiger partial charge is 0.459 e. The maximum Gasteiger partial charge on any atom is 0.171 e. The first-order valence-corrected chi connectivity index (χ1v) is 7.35. The van der Waals surface area contributed by atoms with Crippen LogP contribution in [0.3, 0.4) is 0 Å². The van der Waals surface area contributed by atoms with Gasteiger partial charge in [0.2, 0.25) is 0 Å². The van der Waals surface area contributed by atoms with Crippen LogP contribution < -0.4 is 5.32 Å². The Balaban J connectivity index is 2.12. The van der Waals surface area contributed by atoms with Gasteiger partial charge in [0, 0.05) is 24.1 Å². The van der Waals surface area contributed by atoms with E-state index in [0.29, 0.717) is 0 Å². The molecule has 0 aliphatic rings. The molecule has 2 atom stereocenters. The number of ether oxygens (including phenoxy) is 2. The van der Waals surface area contributed by atoms with Gasteiger partial charge in [0.25, 0.3) is 0 Å². The van der Waals surface area contributed by atoms with E-state index in [0.717, 1.165) is 21.2 Å². The number of hydrogen-bond acceptors (Lipinski definition) is 4. The fourth-order valence-corrected chi connectivity index (χ4v) is 2.69. The van der Waals surface area contributed by atoms with Gasteiger partial charge in [-0.05, 0) is 38.1 Å². The molecule has 0 spiro atoms. The average Bonchev–Trinajstić information content (AvgIpc) is 2.83. The number of hydrogen-bond donors (Lipinski definition) is 1. The summed E-state index contributed by atoms with van der Waals surface area (Å²) >= 11 is 3.47. The Labute approximate surface area is 127 Å². The van der Waals surface area contributed by atoms with Crippen molar-refractivity contribution in [2.24, 2.45) is 0 Å². The van der Waals surface area contributed by atoms with Crippen LogP contribution in [0, 0.1) is 0 Å². The Morgan fingerprint density at radius 3 is 2.50 bits per heavy atom. The van der Waals surface area contributed by atoms with E-state index in [1.807, 2.05) is 25.1 Å². The van der Waals surface area contributed by atoms with E-state index in [9.17, 15) is 0 Å². The molecule has 0 saturated heterocycles. The molecule has 0 saturated carbocycles. The van der Waals surface area contributed by atoms with Crippen molar-refractivity contribution < 1.29 is 13.9 Å². The number of nitrogens with one attached hydrogen (secondary N) is 1. The summed E-state index contributed by atoms with van der Waals surface area (Å²) in [6, 6.07) is 8.17. The average molecular weight is 342 g/mol. The van der Waals surface area contributed by atoms with Crippen LogP contribution in [0.25, 0.3) is 11.0 Å².